The normalized spacial score (nSPS) is 17.8. The lowest BCUT2D eigenvalue weighted by molar-refractivity contribution is -0.137. The first-order valence-electron chi connectivity index (χ1n) is 15.2. The highest BCUT2D eigenvalue weighted by molar-refractivity contribution is 8.24. The number of piperidine rings is 1. The number of carbonyl (C=O) groups is 1. The molecule has 2 aromatic carbocycles. The highest BCUT2D eigenvalue weighted by Gasteiger charge is 2.32. The summed E-state index contributed by atoms with van der Waals surface area (Å²) in [6, 6.07) is 13.4. The molecule has 3 N–H and O–H groups in total. The molecule has 2 saturated heterocycles. The number of benzene rings is 2. The van der Waals surface area contributed by atoms with Crippen molar-refractivity contribution >= 4 is 51.0 Å². The van der Waals surface area contributed by atoms with Crippen molar-refractivity contribution in [3.63, 3.8) is 0 Å². The Bertz CT molecular complexity index is 1850. The van der Waals surface area contributed by atoms with Gasteiger partial charge in [-0.25, -0.2) is 9.69 Å². The zero-order valence-corrected chi connectivity index (χ0v) is 28.7. The first-order chi connectivity index (χ1) is 22.9. The molecule has 4 heterocycles. The van der Waals surface area contributed by atoms with Crippen molar-refractivity contribution in [3.05, 3.63) is 91.9 Å². The summed E-state index contributed by atoms with van der Waals surface area (Å²) < 4.78 is 61.2. The van der Waals surface area contributed by atoms with E-state index in [-0.39, 0.29) is 23.1 Å². The Morgan fingerprint density at radius 3 is 2.33 bits per heavy atom. The highest BCUT2D eigenvalue weighted by atomic mass is 35.5. The van der Waals surface area contributed by atoms with Crippen LogP contribution in [0.1, 0.15) is 51.3 Å². The smallest absolute Gasteiger partial charge is 0.299 e. The number of hydrazine groups is 1. The van der Waals surface area contributed by atoms with Gasteiger partial charge in [-0.3, -0.25) is 24.2 Å². The largest absolute Gasteiger partial charge is 0.416 e. The summed E-state index contributed by atoms with van der Waals surface area (Å²) in [5.41, 5.74) is 4.70. The van der Waals surface area contributed by atoms with Gasteiger partial charge < -0.3 is 0 Å². The molecule has 8 nitrogen and oxygen atoms in total. The van der Waals surface area contributed by atoms with Gasteiger partial charge in [0.25, 0.3) is 5.91 Å². The van der Waals surface area contributed by atoms with E-state index in [1.807, 2.05) is 17.1 Å². The monoisotopic (exact) mass is 737 g/mol. The van der Waals surface area contributed by atoms with E-state index < -0.39 is 22.3 Å². The molecule has 4 aromatic rings. The second-order valence-electron chi connectivity index (χ2n) is 11.6. The predicted octanol–water partition coefficient (Wildman–Crippen LogP) is 8.02. The number of amides is 1. The number of alkyl halides is 3. The van der Waals surface area contributed by atoms with Crippen LogP contribution in [0.2, 0.25) is 10.0 Å². The van der Waals surface area contributed by atoms with Crippen LogP contribution >= 0.6 is 45.1 Å². The third-order valence-electron chi connectivity index (χ3n) is 8.18. The number of hydrogen-bond donors (Lipinski definition) is 3. The van der Waals surface area contributed by atoms with Crippen molar-refractivity contribution in [1.82, 2.24) is 25.1 Å². The quantitative estimate of drug-likeness (QED) is 0.174. The fourth-order valence-corrected chi connectivity index (χ4v) is 8.33. The molecular weight excluding hydrogens is 706 g/mol. The van der Waals surface area contributed by atoms with Crippen molar-refractivity contribution in [1.29, 1.82) is 0 Å². The summed E-state index contributed by atoms with van der Waals surface area (Å²) >= 11 is 14.3. The van der Waals surface area contributed by atoms with Crippen LogP contribution in [0.15, 0.2) is 54.6 Å². The lowest BCUT2D eigenvalue weighted by Gasteiger charge is -2.41. The number of thiophene rings is 1. The summed E-state index contributed by atoms with van der Waals surface area (Å²) in [4.78, 5) is 17.4. The Hall–Kier alpha value is -3.06. The van der Waals surface area contributed by atoms with Gasteiger partial charge in [0.15, 0.2) is 5.69 Å². The fourth-order valence-electron chi connectivity index (χ4n) is 5.62. The number of nitrogens with zero attached hydrogens (tertiary/aromatic N) is 4. The van der Waals surface area contributed by atoms with Crippen LogP contribution in [-0.4, -0.2) is 72.4 Å². The standard InChI is InChI=1S/C33H32Cl2F3N5O3S2/c34-24-9-12-28(27(35)20-24)43-31(29-13-11-25(47-29)10-6-22-4-7-23(8-5-22)33(36,37)38)26(21-41-16-18-48(45,46)19-17-41)30(39-43)32(44)40-42-14-2-1-3-15-42/h4-5,7-9,11-13,20,45-46H,1-3,14-19,21H2,(H,40,44). The van der Waals surface area contributed by atoms with Gasteiger partial charge in [0.05, 0.1) is 43.2 Å². The SMILES string of the molecule is O=C(NN1CCCCC1)c1nn(-c2ccc(Cl)cc2Cl)c(-c2ccc(C#Cc3ccc(C(F)(F)F)cc3)s2)c1CN1CCS(O)(O)CC1. The van der Waals surface area contributed by atoms with Gasteiger partial charge in [-0.05, 0) is 67.4 Å². The van der Waals surface area contributed by atoms with Crippen LogP contribution in [-0.2, 0) is 12.7 Å². The first-order valence-corrected chi connectivity index (χ1v) is 18.7. The molecular formula is C33H32Cl2F3N5O3S2. The first kappa shape index (κ1) is 34.8. The number of hydrogen-bond acceptors (Lipinski definition) is 7. The van der Waals surface area contributed by atoms with E-state index in [1.165, 1.54) is 23.5 Å². The summed E-state index contributed by atoms with van der Waals surface area (Å²) in [6.07, 6.45) is -1.39. The number of rotatable bonds is 6. The molecule has 48 heavy (non-hydrogen) atoms. The summed E-state index contributed by atoms with van der Waals surface area (Å²) in [7, 11) is -2.65. The van der Waals surface area contributed by atoms with E-state index in [2.05, 4.69) is 22.2 Å². The van der Waals surface area contributed by atoms with Crippen molar-refractivity contribution < 1.29 is 27.1 Å². The molecule has 2 aliphatic rings. The van der Waals surface area contributed by atoms with Gasteiger partial charge in [-0.2, -0.15) is 28.9 Å². The zero-order valence-electron chi connectivity index (χ0n) is 25.6. The minimum Gasteiger partial charge on any atom is -0.299 e. The van der Waals surface area contributed by atoms with Crippen LogP contribution in [0.25, 0.3) is 16.3 Å². The lowest BCUT2D eigenvalue weighted by Crippen LogP contribution is -2.45. The third-order valence-corrected chi connectivity index (χ3v) is 11.4. The van der Waals surface area contributed by atoms with E-state index in [0.29, 0.717) is 57.1 Å². The fraction of sp³-hybridized carbons (Fsp3) is 0.333. The van der Waals surface area contributed by atoms with Crippen molar-refractivity contribution in [2.45, 2.75) is 32.0 Å². The average molecular weight is 739 g/mol. The Morgan fingerprint density at radius 1 is 0.958 bits per heavy atom. The molecule has 2 aliphatic heterocycles. The van der Waals surface area contributed by atoms with Crippen LogP contribution in [0.5, 0.6) is 0 Å². The number of nitrogens with one attached hydrogen (secondary N) is 1. The second-order valence-corrected chi connectivity index (χ2v) is 16.0. The Labute approximate surface area is 291 Å². The topological polar surface area (TPSA) is 93.9 Å². The molecule has 15 heteroatoms. The lowest BCUT2D eigenvalue weighted by atomic mass is 10.1. The van der Waals surface area contributed by atoms with Crippen LogP contribution in [0.4, 0.5) is 13.2 Å². The highest BCUT2D eigenvalue weighted by Crippen LogP contribution is 2.42. The van der Waals surface area contributed by atoms with Crippen LogP contribution in [0.3, 0.4) is 0 Å². The molecule has 0 aliphatic carbocycles. The van der Waals surface area contributed by atoms with Crippen molar-refractivity contribution in [2.24, 2.45) is 0 Å². The molecule has 254 valence electrons. The minimum absolute atomic E-state index is 0.213. The maximum atomic E-state index is 13.9. The molecule has 0 atom stereocenters. The molecule has 6 rings (SSSR count). The maximum absolute atomic E-state index is 13.9. The van der Waals surface area contributed by atoms with Crippen molar-refractivity contribution in [2.75, 3.05) is 37.7 Å². The molecule has 0 radical (unpaired) electrons. The second kappa shape index (κ2) is 14.4. The van der Waals surface area contributed by atoms with Crippen LogP contribution < -0.4 is 5.43 Å². The van der Waals surface area contributed by atoms with E-state index in [0.717, 1.165) is 49.4 Å². The van der Waals surface area contributed by atoms with Crippen molar-refractivity contribution in [3.8, 4) is 28.1 Å². The molecule has 0 spiro atoms. The molecule has 0 unspecified atom stereocenters. The molecule has 1 amide bonds. The Balaban J connectivity index is 1.42. The van der Waals surface area contributed by atoms with E-state index in [9.17, 15) is 27.1 Å². The number of carbonyl (C=O) groups excluding carboxylic acids is 1. The maximum Gasteiger partial charge on any atom is 0.416 e. The molecule has 2 fully saturated rings. The van der Waals surface area contributed by atoms with Gasteiger partial charge >= 0.3 is 6.18 Å². The Morgan fingerprint density at radius 2 is 1.67 bits per heavy atom. The van der Waals surface area contributed by atoms with Gasteiger partial charge in [-0.1, -0.05) is 41.5 Å². The number of halogens is 5. The molecule has 0 bridgehead atoms. The minimum atomic E-state index is -4.43. The molecule has 2 aromatic heterocycles. The van der Waals surface area contributed by atoms with Crippen LogP contribution in [0, 0.1) is 11.8 Å². The summed E-state index contributed by atoms with van der Waals surface area (Å²) in [6.45, 7) is 2.62. The zero-order chi connectivity index (χ0) is 34.1. The van der Waals surface area contributed by atoms with Gasteiger partial charge in [0.1, 0.15) is 0 Å². The summed E-state index contributed by atoms with van der Waals surface area (Å²) in [5.74, 6) is 6.08. The van der Waals surface area contributed by atoms with Gasteiger partial charge in [-0.15, -0.1) is 11.3 Å². The third kappa shape index (κ3) is 8.21. The van der Waals surface area contributed by atoms with E-state index in [1.54, 1.807) is 22.9 Å². The average Bonchev–Trinajstić information content (AvgIpc) is 3.66. The van der Waals surface area contributed by atoms with Gasteiger partial charge in [0.2, 0.25) is 0 Å². The Kier molecular flexibility index (Phi) is 10.5. The molecule has 0 saturated carbocycles. The van der Waals surface area contributed by atoms with Gasteiger partial charge in [0, 0.05) is 48.9 Å². The number of aromatic nitrogens is 2. The van der Waals surface area contributed by atoms with E-state index in [4.69, 9.17) is 28.3 Å². The summed E-state index contributed by atoms with van der Waals surface area (Å²) in [5, 5.41) is 7.51. The predicted molar refractivity (Wildman–Crippen MR) is 185 cm³/mol. The van der Waals surface area contributed by atoms with E-state index >= 15 is 0 Å².